The fraction of sp³-hybridized carbons (Fsp3) is 0.462. The molecule has 0 bridgehead atoms. The summed E-state index contributed by atoms with van der Waals surface area (Å²) in [6.07, 6.45) is 8.77. The van der Waals surface area contributed by atoms with E-state index in [0.29, 0.717) is 0 Å². The molecule has 2 heterocycles. The van der Waals surface area contributed by atoms with Crippen LogP contribution in [0.4, 0.5) is 0 Å². The van der Waals surface area contributed by atoms with Gasteiger partial charge in [0.05, 0.1) is 5.69 Å². The number of rotatable bonds is 3. The van der Waals surface area contributed by atoms with E-state index in [2.05, 4.69) is 28.1 Å². The summed E-state index contributed by atoms with van der Waals surface area (Å²) in [5.74, 6) is 0. The lowest BCUT2D eigenvalue weighted by atomic mass is 10.2. The average molecular weight is 202 g/mol. The summed E-state index contributed by atoms with van der Waals surface area (Å²) in [5, 5.41) is 0. The van der Waals surface area contributed by atoms with Crippen LogP contribution in [-0.4, -0.2) is 23.0 Å². The molecule has 0 aliphatic carbocycles. The van der Waals surface area contributed by atoms with E-state index >= 15 is 0 Å². The molecule has 0 aromatic carbocycles. The Morgan fingerprint density at radius 2 is 2.20 bits per heavy atom. The smallest absolute Gasteiger partial charge is 0.0549 e. The van der Waals surface area contributed by atoms with Crippen molar-refractivity contribution in [1.82, 2.24) is 9.88 Å². The van der Waals surface area contributed by atoms with Crippen molar-refractivity contribution in [2.24, 2.45) is 0 Å². The van der Waals surface area contributed by atoms with E-state index in [1.165, 1.54) is 37.2 Å². The van der Waals surface area contributed by atoms with Crippen LogP contribution in [0, 0.1) is 0 Å². The number of allylic oxidation sites excluding steroid dienone is 1. The third-order valence-corrected chi connectivity index (χ3v) is 2.78. The molecular formula is C13H18N2. The number of hydrogen-bond donors (Lipinski definition) is 0. The van der Waals surface area contributed by atoms with Gasteiger partial charge in [-0.15, -0.1) is 0 Å². The molecule has 0 spiro atoms. The molecule has 80 valence electrons. The van der Waals surface area contributed by atoms with Crippen LogP contribution in [0.3, 0.4) is 0 Å². The van der Waals surface area contributed by atoms with Crippen LogP contribution in [0.2, 0.25) is 0 Å². The maximum atomic E-state index is 4.41. The first-order valence-corrected chi connectivity index (χ1v) is 5.68. The molecule has 2 nitrogen and oxygen atoms in total. The highest BCUT2D eigenvalue weighted by Crippen LogP contribution is 2.12. The topological polar surface area (TPSA) is 16.1 Å². The highest BCUT2D eigenvalue weighted by Gasteiger charge is 2.11. The van der Waals surface area contributed by atoms with E-state index in [4.69, 9.17) is 0 Å². The first kappa shape index (κ1) is 10.4. The Morgan fingerprint density at radius 3 is 2.93 bits per heavy atom. The zero-order valence-corrected chi connectivity index (χ0v) is 9.32. The van der Waals surface area contributed by atoms with Crippen LogP contribution < -0.4 is 0 Å². The van der Waals surface area contributed by atoms with Gasteiger partial charge in [-0.2, -0.15) is 0 Å². The Balaban J connectivity index is 2.03. The maximum absolute atomic E-state index is 4.41. The highest BCUT2D eigenvalue weighted by atomic mass is 15.1. The average Bonchev–Trinajstić information content (AvgIpc) is 2.71. The van der Waals surface area contributed by atoms with E-state index < -0.39 is 0 Å². The molecule has 0 radical (unpaired) electrons. The normalized spacial score (nSPS) is 17.7. The molecule has 1 fully saturated rings. The minimum Gasteiger partial charge on any atom is -0.298 e. The van der Waals surface area contributed by atoms with Crippen molar-refractivity contribution in [2.45, 2.75) is 26.3 Å². The summed E-state index contributed by atoms with van der Waals surface area (Å²) in [4.78, 5) is 6.88. The van der Waals surface area contributed by atoms with E-state index in [1.807, 2.05) is 19.2 Å². The van der Waals surface area contributed by atoms with Gasteiger partial charge in [0.25, 0.3) is 0 Å². The molecule has 1 aromatic heterocycles. The highest BCUT2D eigenvalue weighted by molar-refractivity contribution is 5.48. The summed E-state index contributed by atoms with van der Waals surface area (Å²) >= 11 is 0. The standard InChI is InChI=1S/C13H18N2/c1-2-5-12-6-7-14-13(10-12)11-15-8-3-4-9-15/h2,5-7,10H,3-4,8-9,11H2,1H3/b5-2-. The van der Waals surface area contributed by atoms with Gasteiger partial charge >= 0.3 is 0 Å². The second-order valence-electron chi connectivity index (χ2n) is 4.06. The monoisotopic (exact) mass is 202 g/mol. The van der Waals surface area contributed by atoms with Gasteiger partial charge in [-0.1, -0.05) is 12.2 Å². The summed E-state index contributed by atoms with van der Waals surface area (Å²) in [7, 11) is 0. The van der Waals surface area contributed by atoms with Crippen LogP contribution in [0.5, 0.6) is 0 Å². The molecule has 0 atom stereocenters. The molecule has 15 heavy (non-hydrogen) atoms. The molecule has 1 aromatic rings. The predicted molar refractivity (Wildman–Crippen MR) is 63.5 cm³/mol. The van der Waals surface area contributed by atoms with Gasteiger partial charge < -0.3 is 0 Å². The van der Waals surface area contributed by atoms with E-state index in [1.54, 1.807) is 0 Å². The zero-order chi connectivity index (χ0) is 10.5. The first-order valence-electron chi connectivity index (χ1n) is 5.68. The van der Waals surface area contributed by atoms with Gasteiger partial charge in [0.1, 0.15) is 0 Å². The van der Waals surface area contributed by atoms with Crippen LogP contribution in [0.1, 0.15) is 31.0 Å². The molecule has 2 heteroatoms. The lowest BCUT2D eigenvalue weighted by Crippen LogP contribution is -2.19. The SMILES string of the molecule is C/C=C\c1ccnc(CN2CCCC2)c1. The Bertz CT molecular complexity index is 338. The molecule has 1 aliphatic rings. The predicted octanol–water partition coefficient (Wildman–Crippen LogP) is 2.71. The fourth-order valence-corrected chi connectivity index (χ4v) is 2.05. The van der Waals surface area contributed by atoms with Gasteiger partial charge in [0, 0.05) is 12.7 Å². The van der Waals surface area contributed by atoms with Gasteiger partial charge in [0.15, 0.2) is 0 Å². The Morgan fingerprint density at radius 1 is 1.40 bits per heavy atom. The number of pyridine rings is 1. The van der Waals surface area contributed by atoms with Gasteiger partial charge in [0.2, 0.25) is 0 Å². The van der Waals surface area contributed by atoms with E-state index in [-0.39, 0.29) is 0 Å². The number of nitrogens with zero attached hydrogens (tertiary/aromatic N) is 2. The maximum Gasteiger partial charge on any atom is 0.0549 e. The molecule has 2 rings (SSSR count). The number of hydrogen-bond acceptors (Lipinski definition) is 2. The third kappa shape index (κ3) is 2.90. The van der Waals surface area contributed by atoms with Crippen LogP contribution in [-0.2, 0) is 6.54 Å². The summed E-state index contributed by atoms with van der Waals surface area (Å²) in [5.41, 5.74) is 2.44. The summed E-state index contributed by atoms with van der Waals surface area (Å²) < 4.78 is 0. The number of aromatic nitrogens is 1. The molecule has 0 unspecified atom stereocenters. The third-order valence-electron chi connectivity index (χ3n) is 2.78. The second-order valence-corrected chi connectivity index (χ2v) is 4.06. The first-order chi connectivity index (χ1) is 7.38. The molecule has 1 aliphatic heterocycles. The van der Waals surface area contributed by atoms with Gasteiger partial charge in [-0.25, -0.2) is 0 Å². The zero-order valence-electron chi connectivity index (χ0n) is 9.32. The largest absolute Gasteiger partial charge is 0.298 e. The van der Waals surface area contributed by atoms with Crippen molar-refractivity contribution in [1.29, 1.82) is 0 Å². The van der Waals surface area contributed by atoms with E-state index in [9.17, 15) is 0 Å². The fourth-order valence-electron chi connectivity index (χ4n) is 2.05. The van der Waals surface area contributed by atoms with Gasteiger partial charge in [-0.3, -0.25) is 9.88 Å². The van der Waals surface area contributed by atoms with Crippen molar-refractivity contribution in [3.63, 3.8) is 0 Å². The van der Waals surface area contributed by atoms with Crippen molar-refractivity contribution in [3.8, 4) is 0 Å². The van der Waals surface area contributed by atoms with Crippen LogP contribution in [0.25, 0.3) is 6.08 Å². The Kier molecular flexibility index (Phi) is 3.51. The summed E-state index contributed by atoms with van der Waals surface area (Å²) in [6.45, 7) is 5.51. The van der Waals surface area contributed by atoms with Crippen LogP contribution in [0.15, 0.2) is 24.4 Å². The molecular weight excluding hydrogens is 184 g/mol. The number of likely N-dealkylation sites (tertiary alicyclic amines) is 1. The van der Waals surface area contributed by atoms with E-state index in [0.717, 1.165) is 6.54 Å². The summed E-state index contributed by atoms with van der Waals surface area (Å²) in [6, 6.07) is 4.23. The minimum atomic E-state index is 1.01. The second kappa shape index (κ2) is 5.08. The van der Waals surface area contributed by atoms with Crippen molar-refractivity contribution in [3.05, 3.63) is 35.7 Å². The Hall–Kier alpha value is -1.15. The lowest BCUT2D eigenvalue weighted by molar-refractivity contribution is 0.327. The molecule has 0 N–H and O–H groups in total. The van der Waals surface area contributed by atoms with Crippen molar-refractivity contribution < 1.29 is 0 Å². The molecule has 0 amide bonds. The van der Waals surface area contributed by atoms with Crippen molar-refractivity contribution in [2.75, 3.05) is 13.1 Å². The molecule has 0 saturated carbocycles. The Labute approximate surface area is 91.6 Å². The lowest BCUT2D eigenvalue weighted by Gasteiger charge is -2.13. The van der Waals surface area contributed by atoms with Crippen LogP contribution >= 0.6 is 0 Å². The quantitative estimate of drug-likeness (QED) is 0.749. The minimum absolute atomic E-state index is 1.01. The van der Waals surface area contributed by atoms with Crippen molar-refractivity contribution >= 4 is 6.08 Å². The molecule has 1 saturated heterocycles. The van der Waals surface area contributed by atoms with Gasteiger partial charge in [-0.05, 0) is 50.6 Å².